The molecule has 1 heterocycles. The Morgan fingerprint density at radius 3 is 2.36 bits per heavy atom. The first-order valence-electron chi connectivity index (χ1n) is 11.1. The third-order valence-corrected chi connectivity index (χ3v) is 5.19. The number of benzene rings is 2. The van der Waals surface area contributed by atoms with E-state index in [9.17, 15) is 4.79 Å². The molecule has 0 fully saturated rings. The quantitative estimate of drug-likeness (QED) is 0.392. The van der Waals surface area contributed by atoms with Gasteiger partial charge in [0.05, 0.1) is 13.2 Å². The molecule has 2 aromatic carbocycles. The van der Waals surface area contributed by atoms with Crippen LogP contribution >= 0.6 is 12.2 Å². The van der Waals surface area contributed by atoms with Crippen molar-refractivity contribution in [1.29, 1.82) is 0 Å². The molecule has 1 amide bonds. The third kappa shape index (κ3) is 8.14. The number of aromatic nitrogens is 3. The van der Waals surface area contributed by atoms with E-state index in [0.29, 0.717) is 23.7 Å². The fraction of sp³-hybridized carbons (Fsp3) is 0.400. The summed E-state index contributed by atoms with van der Waals surface area (Å²) in [6.07, 6.45) is 1.28. The zero-order chi connectivity index (χ0) is 23.7. The molecule has 1 aromatic heterocycles. The summed E-state index contributed by atoms with van der Waals surface area (Å²) in [5.74, 6) is 0.618. The van der Waals surface area contributed by atoms with Crippen LogP contribution in [0.15, 0.2) is 60.7 Å². The number of nitrogens with one attached hydrogen (secondary N) is 2. The van der Waals surface area contributed by atoms with Gasteiger partial charge in [-0.15, -0.1) is 0 Å². The number of hydrogen-bond donors (Lipinski definition) is 2. The molecule has 0 saturated carbocycles. The van der Waals surface area contributed by atoms with Crippen LogP contribution in [0.4, 0.5) is 4.79 Å². The summed E-state index contributed by atoms with van der Waals surface area (Å²) in [5, 5.41) is 10.2. The smallest absolute Gasteiger partial charge is 0.408 e. The monoisotopic (exact) mass is 468 g/mol. The van der Waals surface area contributed by atoms with Crippen molar-refractivity contribution in [2.24, 2.45) is 0 Å². The summed E-state index contributed by atoms with van der Waals surface area (Å²) < 4.78 is 13.8. The van der Waals surface area contributed by atoms with E-state index in [1.54, 1.807) is 0 Å². The van der Waals surface area contributed by atoms with Crippen molar-refractivity contribution < 1.29 is 14.3 Å². The molecule has 8 heteroatoms. The van der Waals surface area contributed by atoms with Crippen molar-refractivity contribution in [3.63, 3.8) is 0 Å². The summed E-state index contributed by atoms with van der Waals surface area (Å²) in [6.45, 7) is 6.80. The highest BCUT2D eigenvalue weighted by Gasteiger charge is 2.24. The molecule has 3 rings (SSSR count). The second-order valence-electron chi connectivity index (χ2n) is 8.83. The Labute approximate surface area is 200 Å². The molecule has 0 spiro atoms. The van der Waals surface area contributed by atoms with E-state index >= 15 is 0 Å². The third-order valence-electron chi connectivity index (χ3n) is 4.88. The van der Waals surface area contributed by atoms with Gasteiger partial charge in [-0.05, 0) is 57.0 Å². The van der Waals surface area contributed by atoms with E-state index in [4.69, 9.17) is 21.7 Å². The average molecular weight is 469 g/mol. The molecule has 0 bridgehead atoms. The number of hydrogen-bond acceptors (Lipinski definition) is 5. The molecule has 0 radical (unpaired) electrons. The summed E-state index contributed by atoms with van der Waals surface area (Å²) in [6, 6.07) is 19.7. The molecule has 2 N–H and O–H groups in total. The Hall–Kier alpha value is -2.97. The lowest BCUT2D eigenvalue weighted by atomic mass is 10.1. The summed E-state index contributed by atoms with van der Waals surface area (Å²) >= 11 is 5.47. The van der Waals surface area contributed by atoms with Crippen LogP contribution in [0, 0.1) is 4.77 Å². The first kappa shape index (κ1) is 24.7. The molecule has 0 saturated heterocycles. The van der Waals surface area contributed by atoms with Crippen molar-refractivity contribution in [2.45, 2.75) is 58.4 Å². The normalized spacial score (nSPS) is 12.3. The maximum absolute atomic E-state index is 12.5. The molecule has 7 nitrogen and oxygen atoms in total. The number of amides is 1. The lowest BCUT2D eigenvalue weighted by Gasteiger charge is -2.23. The first-order chi connectivity index (χ1) is 15.8. The number of aryl methyl sites for hydroxylation is 1. The number of H-pyrrole nitrogens is 1. The van der Waals surface area contributed by atoms with Gasteiger partial charge < -0.3 is 19.4 Å². The number of alkyl carbamates (subject to hydrolysis) is 1. The van der Waals surface area contributed by atoms with Gasteiger partial charge in [-0.25, -0.2) is 4.79 Å². The fourth-order valence-corrected chi connectivity index (χ4v) is 3.63. The van der Waals surface area contributed by atoms with Crippen molar-refractivity contribution in [2.75, 3.05) is 6.61 Å². The van der Waals surface area contributed by atoms with Gasteiger partial charge in [0.25, 0.3) is 0 Å². The summed E-state index contributed by atoms with van der Waals surface area (Å²) in [4.78, 5) is 12.5. The van der Waals surface area contributed by atoms with Crippen LogP contribution in [-0.2, 0) is 29.0 Å². The summed E-state index contributed by atoms with van der Waals surface area (Å²) in [7, 11) is 0. The van der Waals surface area contributed by atoms with Crippen LogP contribution in [0.3, 0.4) is 0 Å². The number of carbonyl (C=O) groups excluding carboxylic acids is 1. The van der Waals surface area contributed by atoms with E-state index in [-0.39, 0.29) is 6.61 Å². The van der Waals surface area contributed by atoms with Gasteiger partial charge in [0.15, 0.2) is 10.6 Å². The number of nitrogens with zero attached hydrogens (tertiary/aromatic N) is 2. The molecule has 33 heavy (non-hydrogen) atoms. The molecule has 0 aliphatic rings. The van der Waals surface area contributed by atoms with E-state index in [0.717, 1.165) is 18.4 Å². The van der Waals surface area contributed by atoms with Crippen LogP contribution in [-0.4, -0.2) is 33.1 Å². The first-order valence-corrected chi connectivity index (χ1v) is 11.5. The minimum absolute atomic E-state index is 0.229. The van der Waals surface area contributed by atoms with Crippen LogP contribution in [0.1, 0.15) is 50.2 Å². The Morgan fingerprint density at radius 1 is 1.09 bits per heavy atom. The van der Waals surface area contributed by atoms with Crippen molar-refractivity contribution >= 4 is 18.3 Å². The van der Waals surface area contributed by atoms with Crippen LogP contribution in [0.5, 0.6) is 0 Å². The Kier molecular flexibility index (Phi) is 8.79. The largest absolute Gasteiger partial charge is 0.444 e. The minimum atomic E-state index is -0.611. The maximum Gasteiger partial charge on any atom is 0.408 e. The second-order valence-corrected chi connectivity index (χ2v) is 9.21. The van der Waals surface area contributed by atoms with Crippen molar-refractivity contribution in [3.05, 3.63) is 82.4 Å². The molecule has 0 aliphatic heterocycles. The van der Waals surface area contributed by atoms with Gasteiger partial charge in [-0.2, -0.15) is 5.10 Å². The maximum atomic E-state index is 12.5. The molecule has 1 atom stereocenters. The van der Waals surface area contributed by atoms with Gasteiger partial charge in [0.1, 0.15) is 11.6 Å². The Morgan fingerprint density at radius 2 is 1.73 bits per heavy atom. The number of aromatic amines is 1. The predicted molar refractivity (Wildman–Crippen MR) is 130 cm³/mol. The van der Waals surface area contributed by atoms with Crippen molar-refractivity contribution in [3.8, 4) is 0 Å². The predicted octanol–water partition coefficient (Wildman–Crippen LogP) is 5.36. The number of rotatable bonds is 10. The van der Waals surface area contributed by atoms with Crippen LogP contribution < -0.4 is 5.32 Å². The second kappa shape index (κ2) is 11.8. The lowest BCUT2D eigenvalue weighted by molar-refractivity contribution is 0.0417. The van der Waals surface area contributed by atoms with Gasteiger partial charge in [-0.3, -0.25) is 5.10 Å². The van der Waals surface area contributed by atoms with E-state index in [1.165, 1.54) is 5.56 Å². The van der Waals surface area contributed by atoms with E-state index in [2.05, 4.69) is 27.6 Å². The Bertz CT molecular complexity index is 1060. The zero-order valence-electron chi connectivity index (χ0n) is 19.4. The van der Waals surface area contributed by atoms with Crippen LogP contribution in [0.2, 0.25) is 0 Å². The standard InChI is InChI=1S/C25H32N4O3S/c1-25(2,3)32-24(30)26-21(18-31-17-20-13-8-5-9-14-20)22-27-28-23(33)29(22)16-10-15-19-11-6-4-7-12-19/h4-9,11-14,21H,10,15-18H2,1-3H3,(H,26,30)(H,28,33). The molecule has 3 aromatic rings. The SMILES string of the molecule is CC(C)(C)OC(=O)NC(COCc1ccccc1)c1n[nH]c(=S)n1CCCc1ccccc1. The van der Waals surface area contributed by atoms with E-state index < -0.39 is 17.7 Å². The van der Waals surface area contributed by atoms with Crippen molar-refractivity contribution in [1.82, 2.24) is 20.1 Å². The lowest BCUT2D eigenvalue weighted by Crippen LogP contribution is -2.38. The zero-order valence-corrected chi connectivity index (χ0v) is 20.2. The number of carbonyl (C=O) groups is 1. The van der Waals surface area contributed by atoms with Gasteiger partial charge in [-0.1, -0.05) is 60.7 Å². The topological polar surface area (TPSA) is 81.2 Å². The fourth-order valence-electron chi connectivity index (χ4n) is 3.40. The van der Waals surface area contributed by atoms with Gasteiger partial charge in [0.2, 0.25) is 0 Å². The molecule has 1 unspecified atom stereocenters. The molecular weight excluding hydrogens is 436 g/mol. The Balaban J connectivity index is 1.71. The molecule has 0 aliphatic carbocycles. The highest BCUT2D eigenvalue weighted by molar-refractivity contribution is 7.71. The molecular formula is C25H32N4O3S. The number of ether oxygens (including phenoxy) is 2. The minimum Gasteiger partial charge on any atom is -0.444 e. The van der Waals surface area contributed by atoms with Gasteiger partial charge in [0, 0.05) is 6.54 Å². The summed E-state index contributed by atoms with van der Waals surface area (Å²) in [5.41, 5.74) is 1.71. The average Bonchev–Trinajstić information content (AvgIpc) is 3.13. The highest BCUT2D eigenvalue weighted by Crippen LogP contribution is 2.16. The molecule has 176 valence electrons. The highest BCUT2D eigenvalue weighted by atomic mass is 32.1. The van der Waals surface area contributed by atoms with Crippen LogP contribution in [0.25, 0.3) is 0 Å². The van der Waals surface area contributed by atoms with Gasteiger partial charge >= 0.3 is 6.09 Å². The van der Waals surface area contributed by atoms with E-state index in [1.807, 2.05) is 73.9 Å².